The first-order valence-corrected chi connectivity index (χ1v) is 4.92. The van der Waals surface area contributed by atoms with Crippen LogP contribution < -0.4 is 10.1 Å². The Kier molecular flexibility index (Phi) is 2.91. The fraction of sp³-hybridized carbons (Fsp3) is 0.0833. The number of H-pyrrole nitrogens is 1. The van der Waals surface area contributed by atoms with Crippen LogP contribution in [0.1, 0.15) is 10.4 Å². The van der Waals surface area contributed by atoms with Gasteiger partial charge >= 0.3 is 5.56 Å². The molecule has 0 bridgehead atoms. The van der Waals surface area contributed by atoms with Crippen molar-refractivity contribution in [2.45, 2.75) is 6.54 Å². The minimum absolute atomic E-state index is 0.0174. The van der Waals surface area contributed by atoms with Crippen LogP contribution in [0.15, 0.2) is 53.7 Å². The quantitative estimate of drug-likeness (QED) is 0.600. The molecule has 80 valence electrons. The Labute approximate surface area is 92.2 Å². The molecule has 0 fully saturated rings. The lowest BCUT2D eigenvalue weighted by atomic mass is 10.1. The molecule has 4 nitrogen and oxygen atoms in total. The smallest absolute Gasteiger partial charge is 0.312 e. The van der Waals surface area contributed by atoms with E-state index >= 15 is 0 Å². The number of aromatic amines is 1. The summed E-state index contributed by atoms with van der Waals surface area (Å²) in [7, 11) is 0. The number of benzene rings is 1. The van der Waals surface area contributed by atoms with Crippen molar-refractivity contribution in [2.24, 2.45) is 0 Å². The van der Waals surface area contributed by atoms with Gasteiger partial charge < -0.3 is 4.98 Å². The topological polar surface area (TPSA) is 53.8 Å². The summed E-state index contributed by atoms with van der Waals surface area (Å²) in [5.41, 5.74) is 0.429. The van der Waals surface area contributed by atoms with E-state index in [0.29, 0.717) is 5.56 Å². The molecule has 1 aromatic carbocycles. The first-order valence-electron chi connectivity index (χ1n) is 4.92. The van der Waals surface area contributed by atoms with E-state index in [1.165, 1.54) is 12.4 Å². The lowest BCUT2D eigenvalue weighted by Gasteiger charge is -1.96. The highest BCUT2D eigenvalue weighted by atomic mass is 16.1. The van der Waals surface area contributed by atoms with Crippen LogP contribution in [0.2, 0.25) is 0 Å². The van der Waals surface area contributed by atoms with Crippen molar-refractivity contribution in [1.82, 2.24) is 4.98 Å². The second-order valence-corrected chi connectivity index (χ2v) is 3.41. The Balaban J connectivity index is 2.17. The summed E-state index contributed by atoms with van der Waals surface area (Å²) < 4.78 is 1.56. The number of nitrogens with zero attached hydrogens (tertiary/aromatic N) is 1. The molecule has 0 aliphatic rings. The van der Waals surface area contributed by atoms with Crippen LogP contribution in [0.4, 0.5) is 0 Å². The number of rotatable bonds is 3. The molecule has 1 aromatic heterocycles. The zero-order chi connectivity index (χ0) is 11.4. The van der Waals surface area contributed by atoms with E-state index in [-0.39, 0.29) is 17.9 Å². The lowest BCUT2D eigenvalue weighted by molar-refractivity contribution is -0.684. The van der Waals surface area contributed by atoms with Gasteiger partial charge in [-0.15, -0.1) is 0 Å². The van der Waals surface area contributed by atoms with Crippen LogP contribution in [-0.2, 0) is 6.54 Å². The van der Waals surface area contributed by atoms with Gasteiger partial charge in [-0.3, -0.25) is 9.59 Å². The molecule has 0 unspecified atom stereocenters. The highest BCUT2D eigenvalue weighted by Crippen LogP contribution is 1.99. The van der Waals surface area contributed by atoms with Gasteiger partial charge in [0.2, 0.25) is 18.5 Å². The normalized spacial score (nSPS) is 10.0. The monoisotopic (exact) mass is 215 g/mol. The van der Waals surface area contributed by atoms with Crippen molar-refractivity contribution in [2.75, 3.05) is 0 Å². The molecular weight excluding hydrogens is 204 g/mol. The van der Waals surface area contributed by atoms with E-state index in [4.69, 9.17) is 0 Å². The number of Topliss-reactive ketones (excluding diaryl/α,β-unsaturated/α-hetero) is 1. The third kappa shape index (κ3) is 2.42. The first kappa shape index (κ1) is 10.3. The summed E-state index contributed by atoms with van der Waals surface area (Å²) in [6.45, 7) is 0.175. The number of aromatic nitrogens is 2. The molecule has 0 amide bonds. The van der Waals surface area contributed by atoms with Crippen molar-refractivity contribution < 1.29 is 9.36 Å². The maximum absolute atomic E-state index is 11.8. The summed E-state index contributed by atoms with van der Waals surface area (Å²) in [6.07, 6.45) is 4.53. The lowest BCUT2D eigenvalue weighted by Crippen LogP contribution is -2.40. The Morgan fingerprint density at radius 2 is 2.00 bits per heavy atom. The molecule has 4 heteroatoms. The number of carbonyl (C=O) groups excluding carboxylic acids is 1. The van der Waals surface area contributed by atoms with E-state index in [1.807, 2.05) is 18.2 Å². The van der Waals surface area contributed by atoms with Crippen LogP contribution in [0.5, 0.6) is 0 Å². The zero-order valence-corrected chi connectivity index (χ0v) is 8.59. The fourth-order valence-corrected chi connectivity index (χ4v) is 1.43. The van der Waals surface area contributed by atoms with Crippen molar-refractivity contribution in [3.05, 3.63) is 64.8 Å². The average Bonchev–Trinajstić information content (AvgIpc) is 2.30. The fourth-order valence-electron chi connectivity index (χ4n) is 1.43. The predicted molar refractivity (Wildman–Crippen MR) is 58.0 cm³/mol. The van der Waals surface area contributed by atoms with Gasteiger partial charge in [-0.25, -0.2) is 0 Å². The Morgan fingerprint density at radius 3 is 2.69 bits per heavy atom. The molecule has 0 aliphatic carbocycles. The van der Waals surface area contributed by atoms with Crippen molar-refractivity contribution >= 4 is 5.78 Å². The van der Waals surface area contributed by atoms with Gasteiger partial charge in [0.1, 0.15) is 0 Å². The zero-order valence-electron chi connectivity index (χ0n) is 8.59. The molecule has 0 atom stereocenters. The highest BCUT2D eigenvalue weighted by Gasteiger charge is 2.11. The summed E-state index contributed by atoms with van der Waals surface area (Å²) in [5, 5.41) is 0. The molecule has 0 aliphatic heterocycles. The summed E-state index contributed by atoms with van der Waals surface area (Å²) in [5.74, 6) is -0.0174. The third-order valence-electron chi connectivity index (χ3n) is 2.20. The maximum Gasteiger partial charge on any atom is 0.312 e. The van der Waals surface area contributed by atoms with Crippen molar-refractivity contribution in [3.63, 3.8) is 0 Å². The molecule has 2 aromatic rings. The van der Waals surface area contributed by atoms with Crippen LogP contribution in [0.3, 0.4) is 0 Å². The first-order chi connectivity index (χ1) is 7.75. The summed E-state index contributed by atoms with van der Waals surface area (Å²) in [4.78, 5) is 25.3. The largest absolute Gasteiger partial charge is 0.318 e. The summed E-state index contributed by atoms with van der Waals surface area (Å²) in [6, 6.07) is 9.01. The van der Waals surface area contributed by atoms with Crippen LogP contribution in [0, 0.1) is 0 Å². The predicted octanol–water partition coefficient (Wildman–Crippen LogP) is 0.545. The van der Waals surface area contributed by atoms with Gasteiger partial charge in [-0.05, 0) is 0 Å². The highest BCUT2D eigenvalue weighted by molar-refractivity contribution is 5.94. The van der Waals surface area contributed by atoms with E-state index in [1.54, 1.807) is 22.9 Å². The molecule has 0 spiro atoms. The number of nitrogens with one attached hydrogen (secondary N) is 1. The SMILES string of the molecule is O=C(C[n+]1cc[nH]c(=O)c1)c1ccccc1. The molecule has 16 heavy (non-hydrogen) atoms. The van der Waals surface area contributed by atoms with E-state index in [0.717, 1.165) is 0 Å². The van der Waals surface area contributed by atoms with E-state index < -0.39 is 0 Å². The number of hydrogen-bond acceptors (Lipinski definition) is 2. The molecule has 0 saturated heterocycles. The van der Waals surface area contributed by atoms with E-state index in [2.05, 4.69) is 4.98 Å². The van der Waals surface area contributed by atoms with Gasteiger partial charge in [-0.2, -0.15) is 4.57 Å². The minimum Gasteiger partial charge on any atom is -0.318 e. The van der Waals surface area contributed by atoms with Gasteiger partial charge in [0, 0.05) is 5.56 Å². The van der Waals surface area contributed by atoms with Crippen molar-refractivity contribution in [1.29, 1.82) is 0 Å². The van der Waals surface area contributed by atoms with Crippen LogP contribution in [-0.4, -0.2) is 10.8 Å². The maximum atomic E-state index is 11.8. The van der Waals surface area contributed by atoms with Gasteiger partial charge in [0.05, 0.1) is 6.20 Å². The van der Waals surface area contributed by atoms with Gasteiger partial charge in [0.25, 0.3) is 0 Å². The summed E-state index contributed by atoms with van der Waals surface area (Å²) >= 11 is 0. The third-order valence-corrected chi connectivity index (χ3v) is 2.20. The second kappa shape index (κ2) is 4.53. The second-order valence-electron chi connectivity index (χ2n) is 3.41. The molecule has 0 radical (unpaired) electrons. The Morgan fingerprint density at radius 1 is 1.25 bits per heavy atom. The number of carbonyl (C=O) groups is 1. The molecular formula is C12H11N2O2+. The average molecular weight is 215 g/mol. The molecule has 1 heterocycles. The van der Waals surface area contributed by atoms with E-state index in [9.17, 15) is 9.59 Å². The van der Waals surface area contributed by atoms with Crippen molar-refractivity contribution in [3.8, 4) is 0 Å². The minimum atomic E-state index is -0.219. The van der Waals surface area contributed by atoms with Crippen LogP contribution in [0.25, 0.3) is 0 Å². The van der Waals surface area contributed by atoms with Gasteiger partial charge in [-0.1, -0.05) is 30.3 Å². The van der Waals surface area contributed by atoms with Crippen LogP contribution >= 0.6 is 0 Å². The number of hydrogen-bond donors (Lipinski definition) is 1. The van der Waals surface area contributed by atoms with Gasteiger partial charge in [0.15, 0.2) is 6.20 Å². The number of ketones is 1. The molecule has 1 N–H and O–H groups in total. The Hall–Kier alpha value is -2.23. The Bertz CT molecular complexity index is 546. The standard InChI is InChI=1S/C12H10N2O2/c15-11(10-4-2-1-3-5-10)8-14-7-6-13-12(16)9-14/h1-7,9H,8H2/p+1. The molecule has 2 rings (SSSR count). The molecule has 0 saturated carbocycles.